The van der Waals surface area contributed by atoms with Gasteiger partial charge in [-0.25, -0.2) is 4.79 Å². The van der Waals surface area contributed by atoms with Crippen LogP contribution in [-0.2, 0) is 23.3 Å². The smallest absolute Gasteiger partial charge is 0.357 e. The number of nitrogens with two attached hydrogens (primary N) is 1. The molecular weight excluding hydrogens is 421 g/mol. The Kier molecular flexibility index (Phi) is 8.24. The highest BCUT2D eigenvalue weighted by atomic mass is 31.0. The fourth-order valence-electron chi connectivity index (χ4n) is 4.97. The van der Waals surface area contributed by atoms with E-state index in [1.165, 1.54) is 0 Å². The Balaban J connectivity index is 2.29. The SMILES string of the molecule is CC[Si](CC)(CC)O[C@H](C)[C@H]1C(=O)N2C(C(=O)OP)=C(CN(C)CC(N)=O)[C@H](C)[C@H]12. The fraction of sp³-hybridized carbons (Fsp3) is 0.750. The molecule has 30 heavy (non-hydrogen) atoms. The van der Waals surface area contributed by atoms with Gasteiger partial charge in [-0.2, -0.15) is 0 Å². The molecule has 0 bridgehead atoms. The zero-order valence-corrected chi connectivity index (χ0v) is 21.1. The van der Waals surface area contributed by atoms with E-state index in [4.69, 9.17) is 14.7 Å². The second-order valence-corrected chi connectivity index (χ2v) is 13.5. The molecule has 10 heteroatoms. The third-order valence-electron chi connectivity index (χ3n) is 6.84. The number of hydrogen-bond donors (Lipinski definition) is 1. The van der Waals surface area contributed by atoms with Gasteiger partial charge in [0.25, 0.3) is 0 Å². The van der Waals surface area contributed by atoms with E-state index in [1.807, 2.05) is 23.3 Å². The standard InChI is InChI=1S/C20H36N3O5PSi/c1-7-30(8-2,9-3)28-13(5)16-17-12(4)14(10-22(6)11-15(21)24)18(20(26)27-29)23(17)19(16)25/h12-13,16-17H,7-11,29H2,1-6H3,(H2,21,24)/t12-,13+,16+,17+/m0/s1. The van der Waals surface area contributed by atoms with Crippen LogP contribution >= 0.6 is 9.47 Å². The number of amides is 2. The van der Waals surface area contributed by atoms with Crippen molar-refractivity contribution in [2.75, 3.05) is 20.1 Å². The first-order valence-electron chi connectivity index (χ1n) is 10.7. The van der Waals surface area contributed by atoms with Crippen LogP contribution in [0.3, 0.4) is 0 Å². The zero-order valence-electron chi connectivity index (χ0n) is 18.9. The third-order valence-corrected chi connectivity index (χ3v) is 11.8. The number of carbonyl (C=O) groups excluding carboxylic acids is 3. The summed E-state index contributed by atoms with van der Waals surface area (Å²) in [6.45, 7) is 10.9. The minimum atomic E-state index is -1.87. The van der Waals surface area contributed by atoms with Crippen LogP contribution in [0.25, 0.3) is 0 Å². The molecule has 170 valence electrons. The number of rotatable bonds is 11. The molecule has 0 aliphatic carbocycles. The van der Waals surface area contributed by atoms with Gasteiger partial charge in [0.1, 0.15) is 5.70 Å². The number of likely N-dealkylation sites (N-methyl/N-ethyl adjacent to an activating group) is 1. The second kappa shape index (κ2) is 9.89. The van der Waals surface area contributed by atoms with Crippen LogP contribution in [0.5, 0.6) is 0 Å². The van der Waals surface area contributed by atoms with Crippen LogP contribution < -0.4 is 5.73 Å². The Morgan fingerprint density at radius 2 is 1.83 bits per heavy atom. The predicted octanol–water partition coefficient (Wildman–Crippen LogP) is 1.88. The highest BCUT2D eigenvalue weighted by molar-refractivity contribution is 7.10. The molecule has 0 aromatic carbocycles. The number of hydrogen-bond acceptors (Lipinski definition) is 6. The average molecular weight is 458 g/mol. The van der Waals surface area contributed by atoms with Crippen molar-refractivity contribution in [3.63, 3.8) is 0 Å². The lowest BCUT2D eigenvalue weighted by Crippen LogP contribution is -2.65. The summed E-state index contributed by atoms with van der Waals surface area (Å²) >= 11 is 0. The third kappa shape index (κ3) is 4.49. The lowest BCUT2D eigenvalue weighted by molar-refractivity contribution is -0.161. The van der Waals surface area contributed by atoms with E-state index < -0.39 is 20.2 Å². The summed E-state index contributed by atoms with van der Waals surface area (Å²) < 4.78 is 11.5. The summed E-state index contributed by atoms with van der Waals surface area (Å²) in [4.78, 5) is 40.3. The molecule has 0 saturated carbocycles. The lowest BCUT2D eigenvalue weighted by Gasteiger charge is -2.49. The predicted molar refractivity (Wildman–Crippen MR) is 121 cm³/mol. The normalized spacial score (nSPS) is 24.7. The minimum Gasteiger partial charge on any atom is -0.447 e. The van der Waals surface area contributed by atoms with Crippen molar-refractivity contribution < 1.29 is 23.3 Å². The minimum absolute atomic E-state index is 0.0471. The Morgan fingerprint density at radius 3 is 2.30 bits per heavy atom. The highest BCUT2D eigenvalue weighted by Crippen LogP contribution is 2.48. The van der Waals surface area contributed by atoms with Gasteiger partial charge in [-0.1, -0.05) is 27.7 Å². The Hall–Kier alpha value is -1.28. The Morgan fingerprint density at radius 1 is 1.27 bits per heavy atom. The van der Waals surface area contributed by atoms with E-state index in [2.05, 4.69) is 20.8 Å². The first-order chi connectivity index (χ1) is 14.1. The van der Waals surface area contributed by atoms with Gasteiger partial charge in [0.05, 0.1) is 34.1 Å². The van der Waals surface area contributed by atoms with E-state index >= 15 is 0 Å². The van der Waals surface area contributed by atoms with Crippen molar-refractivity contribution in [2.24, 2.45) is 17.6 Å². The van der Waals surface area contributed by atoms with Crippen LogP contribution in [0, 0.1) is 11.8 Å². The van der Waals surface area contributed by atoms with Gasteiger partial charge < -0.3 is 19.6 Å². The van der Waals surface area contributed by atoms with E-state index in [-0.39, 0.29) is 42.1 Å². The lowest BCUT2D eigenvalue weighted by atomic mass is 9.77. The van der Waals surface area contributed by atoms with Gasteiger partial charge in [-0.3, -0.25) is 14.5 Å². The van der Waals surface area contributed by atoms with Crippen molar-refractivity contribution in [1.82, 2.24) is 9.80 Å². The van der Waals surface area contributed by atoms with Crippen LogP contribution in [0.2, 0.25) is 18.1 Å². The van der Waals surface area contributed by atoms with Gasteiger partial charge in [-0.05, 0) is 37.7 Å². The summed E-state index contributed by atoms with van der Waals surface area (Å²) in [7, 11) is 1.85. The maximum Gasteiger partial charge on any atom is 0.357 e. The van der Waals surface area contributed by atoms with Crippen molar-refractivity contribution in [2.45, 2.75) is 64.9 Å². The second-order valence-electron chi connectivity index (χ2n) is 8.50. The fourth-order valence-corrected chi connectivity index (χ4v) is 8.01. The van der Waals surface area contributed by atoms with Gasteiger partial charge in [0.15, 0.2) is 8.32 Å². The summed E-state index contributed by atoms with van der Waals surface area (Å²) in [6, 6.07) is 2.91. The molecular formula is C20H36N3O5PSi. The van der Waals surface area contributed by atoms with Gasteiger partial charge >= 0.3 is 5.97 Å². The molecule has 2 amide bonds. The topological polar surface area (TPSA) is 102 Å². The van der Waals surface area contributed by atoms with Crippen LogP contribution in [0.4, 0.5) is 0 Å². The molecule has 0 radical (unpaired) electrons. The monoisotopic (exact) mass is 457 g/mol. The Labute approximate surface area is 182 Å². The molecule has 2 N–H and O–H groups in total. The van der Waals surface area contributed by atoms with Crippen LogP contribution in [0.1, 0.15) is 34.6 Å². The van der Waals surface area contributed by atoms with Gasteiger partial charge in [0.2, 0.25) is 11.8 Å². The Bertz CT molecular complexity index is 719. The van der Waals surface area contributed by atoms with Crippen molar-refractivity contribution in [1.29, 1.82) is 0 Å². The molecule has 1 fully saturated rings. The number of primary amides is 1. The summed E-state index contributed by atoms with van der Waals surface area (Å²) in [5, 5.41) is 0. The largest absolute Gasteiger partial charge is 0.447 e. The summed E-state index contributed by atoms with van der Waals surface area (Å²) in [6.07, 6.45) is -0.205. The molecule has 2 heterocycles. The molecule has 2 rings (SSSR count). The first-order valence-corrected chi connectivity index (χ1v) is 13.7. The van der Waals surface area contributed by atoms with Crippen molar-refractivity contribution in [3.05, 3.63) is 11.3 Å². The molecule has 0 aromatic heterocycles. The number of nitrogens with zero attached hydrogens (tertiary/aromatic N) is 2. The first kappa shape index (κ1) is 25.0. The maximum absolute atomic E-state index is 13.1. The molecule has 1 saturated heterocycles. The zero-order chi connectivity index (χ0) is 22.8. The van der Waals surface area contributed by atoms with E-state index in [9.17, 15) is 14.4 Å². The molecule has 1 unspecified atom stereocenters. The molecule has 2 aliphatic rings. The molecule has 0 aromatic rings. The van der Waals surface area contributed by atoms with Crippen LogP contribution in [-0.4, -0.2) is 68.2 Å². The summed E-state index contributed by atoms with van der Waals surface area (Å²) in [5.74, 6) is -1.44. The van der Waals surface area contributed by atoms with E-state index in [0.717, 1.165) is 23.7 Å². The summed E-state index contributed by atoms with van der Waals surface area (Å²) in [5.41, 5.74) is 6.39. The van der Waals surface area contributed by atoms with E-state index in [0.29, 0.717) is 6.54 Å². The maximum atomic E-state index is 13.1. The van der Waals surface area contributed by atoms with Crippen LogP contribution in [0.15, 0.2) is 11.3 Å². The van der Waals surface area contributed by atoms with E-state index in [1.54, 1.807) is 16.8 Å². The average Bonchev–Trinajstić information content (AvgIpc) is 2.93. The highest BCUT2D eigenvalue weighted by Gasteiger charge is 2.60. The molecule has 2 aliphatic heterocycles. The number of fused-ring (bicyclic) bond motifs is 1. The molecule has 5 atom stereocenters. The van der Waals surface area contributed by atoms with Crippen molar-refractivity contribution >= 4 is 35.6 Å². The van der Waals surface area contributed by atoms with Gasteiger partial charge in [-0.15, -0.1) is 0 Å². The molecule has 0 spiro atoms. The van der Waals surface area contributed by atoms with Crippen molar-refractivity contribution in [3.8, 4) is 0 Å². The quantitative estimate of drug-likeness (QED) is 0.289. The number of carbonyl (C=O) groups is 3. The van der Waals surface area contributed by atoms with Gasteiger partial charge in [0, 0.05) is 12.5 Å². The molecule has 8 nitrogen and oxygen atoms in total. The number of β-lactam (4-membered cyclic amide) rings is 1.